The summed E-state index contributed by atoms with van der Waals surface area (Å²) in [6.07, 6.45) is 9.75. The number of hydrogen-bond acceptors (Lipinski definition) is 11. The highest BCUT2D eigenvalue weighted by molar-refractivity contribution is 7.99. The molecule has 2 aromatic heterocycles. The fraction of sp³-hybridized carbons (Fsp3) is 0.552. The first-order valence-corrected chi connectivity index (χ1v) is 15.9. The summed E-state index contributed by atoms with van der Waals surface area (Å²) in [6, 6.07) is 7.63. The van der Waals surface area contributed by atoms with Crippen molar-refractivity contribution in [1.82, 2.24) is 29.3 Å². The van der Waals surface area contributed by atoms with Gasteiger partial charge in [-0.15, -0.1) is 11.8 Å². The van der Waals surface area contributed by atoms with Crippen LogP contribution < -0.4 is 5.73 Å². The summed E-state index contributed by atoms with van der Waals surface area (Å²) in [7, 11) is 0. The van der Waals surface area contributed by atoms with Crippen LogP contribution in [0.1, 0.15) is 42.5 Å². The Morgan fingerprint density at radius 2 is 1.83 bits per heavy atom. The maximum Gasteiger partial charge on any atom is 0.410 e. The molecular formula is C29H37N7O5S. The number of ether oxygens (including phenoxy) is 3. The number of anilines is 1. The topological polar surface area (TPSA) is 138 Å². The van der Waals surface area contributed by atoms with Crippen LogP contribution in [0.25, 0.3) is 16.9 Å². The van der Waals surface area contributed by atoms with Gasteiger partial charge in [0, 0.05) is 19.1 Å². The summed E-state index contributed by atoms with van der Waals surface area (Å²) in [5, 5.41) is 0. The van der Waals surface area contributed by atoms with Crippen molar-refractivity contribution in [3.05, 3.63) is 42.5 Å². The number of imidazole rings is 1. The van der Waals surface area contributed by atoms with E-state index in [1.165, 1.54) is 37.4 Å². The van der Waals surface area contributed by atoms with E-state index >= 15 is 0 Å². The molecule has 1 amide bonds. The second kappa shape index (κ2) is 12.8. The van der Waals surface area contributed by atoms with Crippen LogP contribution in [-0.2, 0) is 14.2 Å². The smallest absolute Gasteiger partial charge is 0.410 e. The van der Waals surface area contributed by atoms with Gasteiger partial charge in [0.05, 0.1) is 30.4 Å². The molecule has 13 heteroatoms. The lowest BCUT2D eigenvalue weighted by Crippen LogP contribution is -2.49. The lowest BCUT2D eigenvalue weighted by Gasteiger charge is -2.40. The average molecular weight is 596 g/mol. The van der Waals surface area contributed by atoms with Crippen LogP contribution in [0.2, 0.25) is 0 Å². The van der Waals surface area contributed by atoms with E-state index in [1.54, 1.807) is 34.0 Å². The van der Waals surface area contributed by atoms with Crippen LogP contribution in [0.15, 0.2) is 36.9 Å². The van der Waals surface area contributed by atoms with Crippen molar-refractivity contribution in [3.8, 4) is 5.69 Å². The summed E-state index contributed by atoms with van der Waals surface area (Å²) in [6.45, 7) is 4.31. The van der Waals surface area contributed by atoms with Gasteiger partial charge in [0.1, 0.15) is 18.8 Å². The fourth-order valence-corrected chi connectivity index (χ4v) is 6.98. The molecule has 3 fully saturated rings. The zero-order valence-electron chi connectivity index (χ0n) is 23.8. The molecule has 3 saturated heterocycles. The Hall–Kier alpha value is -3.42. The minimum atomic E-state index is -0.576. The SMILES string of the molecule is CSC(OC(=O)c1ccccc1-n1cnc2c(N)ncnc21)C1COCC1OC(=O)N1CCC(N2CCCCC2)CC1. The number of amides is 1. The number of nitrogens with zero attached hydrogens (tertiary/aromatic N) is 6. The van der Waals surface area contributed by atoms with E-state index in [0.29, 0.717) is 48.2 Å². The normalized spacial score (nSPS) is 22.7. The van der Waals surface area contributed by atoms with Crippen molar-refractivity contribution in [2.24, 2.45) is 5.92 Å². The van der Waals surface area contributed by atoms with E-state index in [4.69, 9.17) is 19.9 Å². The van der Waals surface area contributed by atoms with E-state index in [9.17, 15) is 9.59 Å². The molecule has 224 valence electrons. The van der Waals surface area contributed by atoms with Gasteiger partial charge in [-0.2, -0.15) is 0 Å². The number of carbonyl (C=O) groups is 2. The van der Waals surface area contributed by atoms with Crippen molar-refractivity contribution in [2.45, 2.75) is 49.7 Å². The van der Waals surface area contributed by atoms with Crippen molar-refractivity contribution < 1.29 is 23.8 Å². The second-order valence-electron chi connectivity index (χ2n) is 11.0. The monoisotopic (exact) mass is 595 g/mol. The summed E-state index contributed by atoms with van der Waals surface area (Å²) >= 11 is 1.39. The highest BCUT2D eigenvalue weighted by Gasteiger charge is 2.41. The molecule has 3 atom stereocenters. The van der Waals surface area contributed by atoms with Gasteiger partial charge in [-0.05, 0) is 57.2 Å². The number of likely N-dealkylation sites (tertiary alicyclic amines) is 2. The number of benzene rings is 1. The lowest BCUT2D eigenvalue weighted by molar-refractivity contribution is 0.00566. The first-order chi connectivity index (χ1) is 20.5. The molecule has 0 spiro atoms. The lowest BCUT2D eigenvalue weighted by atomic mass is 10.0. The molecule has 12 nitrogen and oxygen atoms in total. The van der Waals surface area contributed by atoms with E-state index in [1.807, 2.05) is 12.3 Å². The van der Waals surface area contributed by atoms with Crippen molar-refractivity contribution in [3.63, 3.8) is 0 Å². The molecule has 0 radical (unpaired) electrons. The summed E-state index contributed by atoms with van der Waals surface area (Å²) < 4.78 is 19.4. The number of piperidine rings is 2. The molecule has 42 heavy (non-hydrogen) atoms. The first-order valence-electron chi connectivity index (χ1n) is 14.6. The molecular weight excluding hydrogens is 558 g/mol. The third kappa shape index (κ3) is 5.90. The summed E-state index contributed by atoms with van der Waals surface area (Å²) in [5.74, 6) is -0.549. The predicted octanol–water partition coefficient (Wildman–Crippen LogP) is 3.35. The van der Waals surface area contributed by atoms with Crippen molar-refractivity contribution >= 4 is 40.8 Å². The molecule has 5 heterocycles. The van der Waals surface area contributed by atoms with Crippen LogP contribution in [0.3, 0.4) is 0 Å². The standard InChI is InChI=1S/C29H37N7O5S/c1-42-28(41-27(37)20-7-3-4-8-22(20)36-18-33-24-25(30)31-17-32-26(24)36)21-15-39-16-23(21)40-29(38)35-13-9-19(10-14-35)34-11-5-2-6-12-34/h3-4,7-8,17-19,21,23,28H,2,5-6,9-16H2,1H3,(H2,30,31,32). The van der Waals surface area contributed by atoms with Crippen LogP contribution in [-0.4, -0.2) is 105 Å². The molecule has 0 bridgehead atoms. The number of nitrogen functional groups attached to an aromatic ring is 1. The third-order valence-corrected chi connectivity index (χ3v) is 9.41. The number of thioether (sulfide) groups is 1. The van der Waals surface area contributed by atoms with Crippen LogP contribution in [0, 0.1) is 5.92 Å². The van der Waals surface area contributed by atoms with Crippen molar-refractivity contribution in [2.75, 3.05) is 51.4 Å². The number of aromatic nitrogens is 4. The highest BCUT2D eigenvalue weighted by atomic mass is 32.2. The van der Waals surface area contributed by atoms with Crippen LogP contribution in [0.4, 0.5) is 10.6 Å². The molecule has 3 aromatic rings. The Kier molecular flexibility index (Phi) is 8.77. The third-order valence-electron chi connectivity index (χ3n) is 8.50. The number of carbonyl (C=O) groups excluding carboxylic acids is 2. The number of hydrogen-bond donors (Lipinski definition) is 1. The van der Waals surface area contributed by atoms with Crippen LogP contribution in [0.5, 0.6) is 0 Å². The van der Waals surface area contributed by atoms with Gasteiger partial charge in [-0.1, -0.05) is 18.6 Å². The summed E-state index contributed by atoms with van der Waals surface area (Å²) in [4.78, 5) is 43.7. The molecule has 1 aromatic carbocycles. The van der Waals surface area contributed by atoms with E-state index in [0.717, 1.165) is 25.9 Å². The van der Waals surface area contributed by atoms with Gasteiger partial charge in [-0.25, -0.2) is 24.5 Å². The summed E-state index contributed by atoms with van der Waals surface area (Å²) in [5.41, 5.74) is 7.22. The number of fused-ring (bicyclic) bond motifs is 1. The Bertz CT molecular complexity index is 1410. The zero-order chi connectivity index (χ0) is 29.1. The average Bonchev–Trinajstić information content (AvgIpc) is 3.68. The Balaban J connectivity index is 1.10. The molecule has 0 aliphatic carbocycles. The van der Waals surface area contributed by atoms with Crippen molar-refractivity contribution in [1.29, 1.82) is 0 Å². The minimum absolute atomic E-state index is 0.259. The molecule has 6 rings (SSSR count). The van der Waals surface area contributed by atoms with Gasteiger partial charge in [-0.3, -0.25) is 4.57 Å². The quantitative estimate of drug-likeness (QED) is 0.318. The Morgan fingerprint density at radius 1 is 1.05 bits per heavy atom. The Labute approximate surface area is 248 Å². The van der Waals surface area contributed by atoms with E-state index < -0.39 is 17.5 Å². The molecule has 3 unspecified atom stereocenters. The largest absolute Gasteiger partial charge is 0.447 e. The maximum atomic E-state index is 13.5. The number of esters is 1. The molecule has 3 aliphatic heterocycles. The first kappa shape index (κ1) is 28.7. The van der Waals surface area contributed by atoms with Gasteiger partial charge in [0.25, 0.3) is 0 Å². The molecule has 0 saturated carbocycles. The van der Waals surface area contributed by atoms with E-state index in [-0.39, 0.29) is 24.4 Å². The van der Waals surface area contributed by atoms with Gasteiger partial charge in [0.15, 0.2) is 22.4 Å². The van der Waals surface area contributed by atoms with E-state index in [2.05, 4.69) is 19.9 Å². The van der Waals surface area contributed by atoms with Gasteiger partial charge < -0.3 is 29.7 Å². The van der Waals surface area contributed by atoms with Gasteiger partial charge >= 0.3 is 12.1 Å². The second-order valence-corrected chi connectivity index (χ2v) is 11.9. The highest BCUT2D eigenvalue weighted by Crippen LogP contribution is 2.31. The number of para-hydroxylation sites is 1. The Morgan fingerprint density at radius 3 is 2.62 bits per heavy atom. The number of nitrogens with two attached hydrogens (primary N) is 1. The van der Waals surface area contributed by atoms with Gasteiger partial charge in [0.2, 0.25) is 0 Å². The molecule has 3 aliphatic rings. The van der Waals surface area contributed by atoms with Crippen LogP contribution >= 0.6 is 11.8 Å². The number of rotatable bonds is 7. The predicted molar refractivity (Wildman–Crippen MR) is 158 cm³/mol. The molecule has 2 N–H and O–H groups in total. The maximum absolute atomic E-state index is 13.5. The minimum Gasteiger partial charge on any atom is -0.447 e. The zero-order valence-corrected chi connectivity index (χ0v) is 24.6. The fourth-order valence-electron chi connectivity index (χ4n) is 6.19.